The van der Waals surface area contributed by atoms with Gasteiger partial charge in [0.25, 0.3) is 0 Å². The van der Waals surface area contributed by atoms with E-state index in [1.54, 1.807) is 11.9 Å². The number of rotatable bonds is 5. The van der Waals surface area contributed by atoms with Crippen molar-refractivity contribution in [3.8, 4) is 12.3 Å². The van der Waals surface area contributed by atoms with E-state index in [0.717, 1.165) is 0 Å². The highest BCUT2D eigenvalue weighted by atomic mass is 16.5. The van der Waals surface area contributed by atoms with Crippen LogP contribution >= 0.6 is 0 Å². The second kappa shape index (κ2) is 6.06. The quantitative estimate of drug-likeness (QED) is 0.477. The molecule has 1 aliphatic heterocycles. The third kappa shape index (κ3) is 3.61. The summed E-state index contributed by atoms with van der Waals surface area (Å²) in [7, 11) is 1.56. The highest BCUT2D eigenvalue weighted by molar-refractivity contribution is 5.90. The lowest BCUT2D eigenvalue weighted by Gasteiger charge is -2.39. The van der Waals surface area contributed by atoms with Crippen molar-refractivity contribution in [1.29, 1.82) is 0 Å². The summed E-state index contributed by atoms with van der Waals surface area (Å²) in [5, 5.41) is 0. The van der Waals surface area contributed by atoms with Crippen LogP contribution in [-0.4, -0.2) is 61.0 Å². The molecule has 5 nitrogen and oxygen atoms in total. The van der Waals surface area contributed by atoms with Crippen molar-refractivity contribution in [2.75, 3.05) is 33.3 Å². The Hall–Kier alpha value is -1.80. The van der Waals surface area contributed by atoms with Crippen LogP contribution in [0.3, 0.4) is 0 Å². The third-order valence-electron chi connectivity index (χ3n) is 2.53. The van der Waals surface area contributed by atoms with E-state index in [0.29, 0.717) is 13.1 Å². The molecule has 1 fully saturated rings. The Bertz CT molecular complexity index is 353. The number of hydrogen-bond acceptors (Lipinski definition) is 3. The van der Waals surface area contributed by atoms with E-state index < -0.39 is 0 Å². The molecule has 0 aromatic heterocycles. The fourth-order valence-corrected chi connectivity index (χ4v) is 1.45. The van der Waals surface area contributed by atoms with Gasteiger partial charge in [0.15, 0.2) is 0 Å². The largest absolute Gasteiger partial charge is 0.362 e. The molecule has 0 spiro atoms. The van der Waals surface area contributed by atoms with Crippen molar-refractivity contribution in [1.82, 2.24) is 9.80 Å². The summed E-state index contributed by atoms with van der Waals surface area (Å²) in [6.07, 6.45) is 6.26. The normalized spacial score (nSPS) is 14.7. The minimum atomic E-state index is -0.265. The van der Waals surface area contributed by atoms with Crippen LogP contribution in [0.1, 0.15) is 0 Å². The van der Waals surface area contributed by atoms with Crippen LogP contribution in [0.25, 0.3) is 0 Å². The third-order valence-corrected chi connectivity index (χ3v) is 2.53. The van der Waals surface area contributed by atoms with Crippen molar-refractivity contribution in [2.45, 2.75) is 6.10 Å². The molecule has 0 atom stereocenters. The lowest BCUT2D eigenvalue weighted by atomic mass is 10.1. The molecule has 92 valence electrons. The van der Waals surface area contributed by atoms with Crippen LogP contribution < -0.4 is 0 Å². The second-order valence-corrected chi connectivity index (χ2v) is 3.83. The number of amides is 2. The number of carbonyl (C=O) groups excluding carboxylic acids is 2. The fraction of sp³-hybridized carbons (Fsp3) is 0.500. The van der Waals surface area contributed by atoms with E-state index in [9.17, 15) is 9.59 Å². The fourth-order valence-electron chi connectivity index (χ4n) is 1.45. The van der Waals surface area contributed by atoms with Gasteiger partial charge in [-0.3, -0.25) is 9.59 Å². The molecule has 17 heavy (non-hydrogen) atoms. The van der Waals surface area contributed by atoms with Crippen molar-refractivity contribution < 1.29 is 14.3 Å². The minimum absolute atomic E-state index is 0.0235. The molecule has 0 aromatic rings. The van der Waals surface area contributed by atoms with Gasteiger partial charge in [0.1, 0.15) is 6.61 Å². The summed E-state index contributed by atoms with van der Waals surface area (Å²) in [5.41, 5.74) is 0. The topological polar surface area (TPSA) is 49.9 Å². The van der Waals surface area contributed by atoms with Crippen LogP contribution in [0.5, 0.6) is 0 Å². The molecule has 1 heterocycles. The van der Waals surface area contributed by atoms with E-state index in [1.165, 1.54) is 11.0 Å². The first kappa shape index (κ1) is 13.3. The lowest BCUT2D eigenvalue weighted by Crippen LogP contribution is -2.57. The summed E-state index contributed by atoms with van der Waals surface area (Å²) in [6, 6.07) is 0. The first-order chi connectivity index (χ1) is 8.08. The Morgan fingerprint density at radius 3 is 2.82 bits per heavy atom. The molecule has 0 N–H and O–H groups in total. The Morgan fingerprint density at radius 2 is 2.29 bits per heavy atom. The first-order valence-electron chi connectivity index (χ1n) is 5.28. The summed E-state index contributed by atoms with van der Waals surface area (Å²) in [5.74, 6) is 2.02. The van der Waals surface area contributed by atoms with Gasteiger partial charge in [0.05, 0.1) is 12.6 Å². The molecule has 2 amide bonds. The predicted octanol–water partition coefficient (Wildman–Crippen LogP) is -0.509. The van der Waals surface area contributed by atoms with E-state index >= 15 is 0 Å². The maximum Gasteiger partial charge on any atom is 0.246 e. The Labute approximate surface area is 101 Å². The van der Waals surface area contributed by atoms with Crippen LogP contribution in [0, 0.1) is 12.3 Å². The van der Waals surface area contributed by atoms with Gasteiger partial charge in [0.2, 0.25) is 11.8 Å². The first-order valence-corrected chi connectivity index (χ1v) is 5.28. The van der Waals surface area contributed by atoms with Gasteiger partial charge >= 0.3 is 0 Å². The van der Waals surface area contributed by atoms with E-state index in [1.807, 2.05) is 0 Å². The average Bonchev–Trinajstić information content (AvgIpc) is 2.25. The van der Waals surface area contributed by atoms with Crippen molar-refractivity contribution >= 4 is 11.8 Å². The van der Waals surface area contributed by atoms with Gasteiger partial charge < -0.3 is 14.5 Å². The Balaban J connectivity index is 2.26. The van der Waals surface area contributed by atoms with Gasteiger partial charge in [-0.25, -0.2) is 0 Å². The summed E-state index contributed by atoms with van der Waals surface area (Å²) < 4.78 is 5.25. The molecule has 0 unspecified atom stereocenters. The zero-order valence-corrected chi connectivity index (χ0v) is 9.89. The SMILES string of the molecule is C#CCOC1CN(C(=O)CN(C)C(=O)C=C)C1. The summed E-state index contributed by atoms with van der Waals surface area (Å²) in [6.45, 7) is 4.76. The van der Waals surface area contributed by atoms with Gasteiger partial charge in [-0.1, -0.05) is 12.5 Å². The molecule has 1 aliphatic rings. The van der Waals surface area contributed by atoms with Crippen molar-refractivity contribution in [3.05, 3.63) is 12.7 Å². The van der Waals surface area contributed by atoms with E-state index in [4.69, 9.17) is 11.2 Å². The lowest BCUT2D eigenvalue weighted by molar-refractivity contribution is -0.147. The van der Waals surface area contributed by atoms with Crippen LogP contribution in [-0.2, 0) is 14.3 Å². The predicted molar refractivity (Wildman–Crippen MR) is 63.0 cm³/mol. The second-order valence-electron chi connectivity index (χ2n) is 3.83. The molecular weight excluding hydrogens is 220 g/mol. The maximum atomic E-state index is 11.7. The molecule has 0 aromatic carbocycles. The molecule has 1 saturated heterocycles. The number of terminal acetylenes is 1. The van der Waals surface area contributed by atoms with Gasteiger partial charge in [0, 0.05) is 20.1 Å². The molecule has 0 bridgehead atoms. The molecule has 0 aliphatic carbocycles. The Morgan fingerprint density at radius 1 is 1.65 bits per heavy atom. The van der Waals surface area contributed by atoms with E-state index in [2.05, 4.69) is 12.5 Å². The standard InChI is InChI=1S/C12H16N2O3/c1-4-6-17-10-7-14(8-10)12(16)9-13(3)11(15)5-2/h1,5,10H,2,6-9H2,3H3. The van der Waals surface area contributed by atoms with Crippen molar-refractivity contribution in [3.63, 3.8) is 0 Å². The van der Waals surface area contributed by atoms with Crippen LogP contribution in [0.15, 0.2) is 12.7 Å². The molecular formula is C12H16N2O3. The minimum Gasteiger partial charge on any atom is -0.362 e. The number of carbonyl (C=O) groups is 2. The summed E-state index contributed by atoms with van der Waals surface area (Å²) in [4.78, 5) is 25.8. The summed E-state index contributed by atoms with van der Waals surface area (Å²) >= 11 is 0. The number of ether oxygens (including phenoxy) is 1. The average molecular weight is 236 g/mol. The zero-order chi connectivity index (χ0) is 12.8. The number of likely N-dealkylation sites (tertiary alicyclic amines) is 1. The number of hydrogen-bond donors (Lipinski definition) is 0. The van der Waals surface area contributed by atoms with Crippen LogP contribution in [0.4, 0.5) is 0 Å². The van der Waals surface area contributed by atoms with Gasteiger partial charge in [-0.05, 0) is 6.08 Å². The highest BCUT2D eigenvalue weighted by Gasteiger charge is 2.31. The molecule has 0 saturated carbocycles. The molecule has 0 radical (unpaired) electrons. The van der Waals surface area contributed by atoms with Gasteiger partial charge in [-0.15, -0.1) is 6.42 Å². The van der Waals surface area contributed by atoms with Crippen molar-refractivity contribution in [2.24, 2.45) is 0 Å². The van der Waals surface area contributed by atoms with Crippen LogP contribution in [0.2, 0.25) is 0 Å². The molecule has 5 heteroatoms. The molecule has 1 rings (SSSR count). The number of likely N-dealkylation sites (N-methyl/N-ethyl adjacent to an activating group) is 1. The maximum absolute atomic E-state index is 11.7. The zero-order valence-electron chi connectivity index (χ0n) is 9.89. The monoisotopic (exact) mass is 236 g/mol. The number of nitrogens with zero attached hydrogens (tertiary/aromatic N) is 2. The van der Waals surface area contributed by atoms with Gasteiger partial charge in [-0.2, -0.15) is 0 Å². The Kier molecular flexibility index (Phi) is 4.73. The smallest absolute Gasteiger partial charge is 0.246 e. The van der Waals surface area contributed by atoms with E-state index in [-0.39, 0.29) is 31.1 Å². The highest BCUT2D eigenvalue weighted by Crippen LogP contribution is 2.11.